The summed E-state index contributed by atoms with van der Waals surface area (Å²) in [6.45, 7) is 0.502. The molecule has 0 unspecified atom stereocenters. The Morgan fingerprint density at radius 1 is 1.47 bits per heavy atom. The van der Waals surface area contributed by atoms with Crippen LogP contribution in [-0.2, 0) is 4.79 Å². The van der Waals surface area contributed by atoms with Crippen LogP contribution in [0.1, 0.15) is 12.0 Å². The minimum absolute atomic E-state index is 0.143. The Morgan fingerprint density at radius 2 is 2.18 bits per heavy atom. The fraction of sp³-hybridized carbons (Fsp3) is 0.214. The largest absolute Gasteiger partial charge is 0.497 e. The summed E-state index contributed by atoms with van der Waals surface area (Å²) in [5.41, 5.74) is 0.942. The number of terminal acetylenes is 1. The molecule has 1 amide bonds. The summed E-state index contributed by atoms with van der Waals surface area (Å²) >= 11 is 0. The highest BCUT2D eigenvalue weighted by atomic mass is 16.5. The average molecular weight is 229 g/mol. The molecule has 0 spiro atoms. The van der Waals surface area contributed by atoms with E-state index in [4.69, 9.17) is 11.2 Å². The lowest BCUT2D eigenvalue weighted by molar-refractivity contribution is -0.116. The summed E-state index contributed by atoms with van der Waals surface area (Å²) < 4.78 is 5.04. The molecular formula is C14H15NO2. The Hall–Kier alpha value is -2.21. The molecule has 1 aromatic rings. The average Bonchev–Trinajstić information content (AvgIpc) is 2.37. The van der Waals surface area contributed by atoms with Crippen molar-refractivity contribution in [3.63, 3.8) is 0 Å². The van der Waals surface area contributed by atoms with Crippen LogP contribution in [0.2, 0.25) is 0 Å². The number of rotatable bonds is 5. The van der Waals surface area contributed by atoms with Crippen LogP contribution >= 0.6 is 0 Å². The number of amides is 1. The van der Waals surface area contributed by atoms with E-state index >= 15 is 0 Å². The third-order valence-electron chi connectivity index (χ3n) is 2.11. The Bertz CT molecular complexity index is 427. The molecule has 0 radical (unpaired) electrons. The van der Waals surface area contributed by atoms with Crippen molar-refractivity contribution in [2.75, 3.05) is 13.7 Å². The van der Waals surface area contributed by atoms with Crippen molar-refractivity contribution in [2.45, 2.75) is 6.42 Å². The van der Waals surface area contributed by atoms with Gasteiger partial charge in [0.15, 0.2) is 0 Å². The first-order chi connectivity index (χ1) is 8.26. The van der Waals surface area contributed by atoms with E-state index in [9.17, 15) is 4.79 Å². The second-order valence-electron chi connectivity index (χ2n) is 3.35. The van der Waals surface area contributed by atoms with Gasteiger partial charge in [-0.05, 0) is 23.8 Å². The summed E-state index contributed by atoms with van der Waals surface area (Å²) in [7, 11) is 1.61. The van der Waals surface area contributed by atoms with Crippen molar-refractivity contribution in [1.82, 2.24) is 5.32 Å². The third kappa shape index (κ3) is 4.89. The number of carbonyl (C=O) groups is 1. The number of nitrogens with one attached hydrogen (secondary N) is 1. The van der Waals surface area contributed by atoms with Crippen molar-refractivity contribution >= 4 is 12.0 Å². The number of benzene rings is 1. The zero-order chi connectivity index (χ0) is 12.5. The normalized spacial score (nSPS) is 9.88. The Kier molecular flexibility index (Phi) is 5.39. The zero-order valence-corrected chi connectivity index (χ0v) is 9.77. The van der Waals surface area contributed by atoms with Gasteiger partial charge in [0.25, 0.3) is 0 Å². The molecule has 1 rings (SSSR count). The van der Waals surface area contributed by atoms with Gasteiger partial charge < -0.3 is 10.1 Å². The van der Waals surface area contributed by atoms with E-state index in [2.05, 4.69) is 11.2 Å². The number of carbonyl (C=O) groups excluding carboxylic acids is 1. The monoisotopic (exact) mass is 229 g/mol. The van der Waals surface area contributed by atoms with Gasteiger partial charge in [0.05, 0.1) is 7.11 Å². The van der Waals surface area contributed by atoms with E-state index < -0.39 is 0 Å². The van der Waals surface area contributed by atoms with E-state index in [-0.39, 0.29) is 5.91 Å². The molecule has 1 N–H and O–H groups in total. The summed E-state index contributed by atoms with van der Waals surface area (Å²) in [6, 6.07) is 7.44. The Morgan fingerprint density at radius 3 is 2.76 bits per heavy atom. The van der Waals surface area contributed by atoms with E-state index in [1.165, 1.54) is 6.08 Å². The van der Waals surface area contributed by atoms with Crippen LogP contribution in [0.3, 0.4) is 0 Å². The lowest BCUT2D eigenvalue weighted by Gasteiger charge is -1.99. The molecule has 0 aromatic heterocycles. The van der Waals surface area contributed by atoms with Crippen LogP contribution in [0, 0.1) is 12.3 Å². The molecule has 0 aliphatic carbocycles. The maximum Gasteiger partial charge on any atom is 0.244 e. The highest BCUT2D eigenvalue weighted by molar-refractivity contribution is 5.91. The molecule has 1 aromatic carbocycles. The molecule has 88 valence electrons. The smallest absolute Gasteiger partial charge is 0.244 e. The van der Waals surface area contributed by atoms with Crippen molar-refractivity contribution in [2.24, 2.45) is 0 Å². The van der Waals surface area contributed by atoms with Gasteiger partial charge in [0.1, 0.15) is 5.75 Å². The molecule has 3 nitrogen and oxygen atoms in total. The van der Waals surface area contributed by atoms with Crippen molar-refractivity contribution in [1.29, 1.82) is 0 Å². The van der Waals surface area contributed by atoms with Gasteiger partial charge in [-0.3, -0.25) is 4.79 Å². The van der Waals surface area contributed by atoms with Crippen LogP contribution in [0.25, 0.3) is 6.08 Å². The molecule has 0 aliphatic heterocycles. The van der Waals surface area contributed by atoms with Gasteiger partial charge in [0.2, 0.25) is 5.91 Å². The molecule has 3 heteroatoms. The summed E-state index contributed by atoms with van der Waals surface area (Å²) in [4.78, 5) is 11.3. The Balaban J connectivity index is 2.46. The minimum atomic E-state index is -0.143. The number of ether oxygens (including phenoxy) is 1. The molecule has 0 bridgehead atoms. The second-order valence-corrected chi connectivity index (χ2v) is 3.35. The molecule has 0 aliphatic rings. The first kappa shape index (κ1) is 12.9. The van der Waals surface area contributed by atoms with Gasteiger partial charge in [0, 0.05) is 19.0 Å². The predicted octanol–water partition coefficient (Wildman–Crippen LogP) is 1.85. The quantitative estimate of drug-likeness (QED) is 0.475. The maximum atomic E-state index is 11.3. The number of methoxy groups -OCH3 is 1. The molecule has 0 saturated heterocycles. The standard InChI is InChI=1S/C14H15NO2/c1-3-4-11-15-14(16)10-7-12-5-8-13(17-2)9-6-12/h1,5-10H,4,11H2,2H3,(H,15,16). The maximum absolute atomic E-state index is 11.3. The summed E-state index contributed by atoms with van der Waals surface area (Å²) in [5.74, 6) is 3.11. The number of hydrogen-bond acceptors (Lipinski definition) is 2. The lowest BCUT2D eigenvalue weighted by Crippen LogP contribution is -2.21. The summed E-state index contributed by atoms with van der Waals surface area (Å²) in [5, 5.41) is 2.68. The van der Waals surface area contributed by atoms with Gasteiger partial charge in [-0.2, -0.15) is 0 Å². The SMILES string of the molecule is C#CCCNC(=O)C=Cc1ccc(OC)cc1. The second kappa shape index (κ2) is 7.13. The van der Waals surface area contributed by atoms with Gasteiger partial charge >= 0.3 is 0 Å². The third-order valence-corrected chi connectivity index (χ3v) is 2.11. The molecule has 0 heterocycles. The van der Waals surface area contributed by atoms with Crippen LogP contribution in [0.4, 0.5) is 0 Å². The molecule has 0 saturated carbocycles. The lowest BCUT2D eigenvalue weighted by atomic mass is 10.2. The molecular weight excluding hydrogens is 214 g/mol. The van der Waals surface area contributed by atoms with Crippen LogP contribution in [0.5, 0.6) is 5.75 Å². The minimum Gasteiger partial charge on any atom is -0.497 e. The first-order valence-corrected chi connectivity index (χ1v) is 5.29. The van der Waals surface area contributed by atoms with Gasteiger partial charge in [-0.15, -0.1) is 12.3 Å². The van der Waals surface area contributed by atoms with E-state index in [1.54, 1.807) is 13.2 Å². The van der Waals surface area contributed by atoms with Crippen molar-refractivity contribution in [3.8, 4) is 18.1 Å². The van der Waals surface area contributed by atoms with Gasteiger partial charge in [-0.1, -0.05) is 12.1 Å². The Labute approximate surface area is 101 Å². The van der Waals surface area contributed by atoms with Crippen molar-refractivity contribution < 1.29 is 9.53 Å². The predicted molar refractivity (Wildman–Crippen MR) is 68.5 cm³/mol. The van der Waals surface area contributed by atoms with Crippen LogP contribution in [0.15, 0.2) is 30.3 Å². The highest BCUT2D eigenvalue weighted by Gasteiger charge is 1.94. The van der Waals surface area contributed by atoms with Crippen LogP contribution < -0.4 is 10.1 Å². The van der Waals surface area contributed by atoms with E-state index in [0.29, 0.717) is 13.0 Å². The summed E-state index contributed by atoms with van der Waals surface area (Å²) in [6.07, 6.45) is 8.84. The van der Waals surface area contributed by atoms with Gasteiger partial charge in [-0.25, -0.2) is 0 Å². The number of hydrogen-bond donors (Lipinski definition) is 1. The van der Waals surface area contributed by atoms with E-state index in [1.807, 2.05) is 24.3 Å². The fourth-order valence-electron chi connectivity index (χ4n) is 1.20. The topological polar surface area (TPSA) is 38.3 Å². The highest BCUT2D eigenvalue weighted by Crippen LogP contribution is 2.11. The van der Waals surface area contributed by atoms with Crippen LogP contribution in [-0.4, -0.2) is 19.6 Å². The zero-order valence-electron chi connectivity index (χ0n) is 9.77. The molecule has 17 heavy (non-hydrogen) atoms. The first-order valence-electron chi connectivity index (χ1n) is 5.29. The fourth-order valence-corrected chi connectivity index (χ4v) is 1.20. The van der Waals surface area contributed by atoms with E-state index in [0.717, 1.165) is 11.3 Å². The molecule has 0 atom stereocenters. The van der Waals surface area contributed by atoms with Crippen molar-refractivity contribution in [3.05, 3.63) is 35.9 Å². The molecule has 0 fully saturated rings.